The Morgan fingerprint density at radius 1 is 1.65 bits per heavy atom. The van der Waals surface area contributed by atoms with E-state index in [4.69, 9.17) is 16.3 Å². The average Bonchev–Trinajstić information content (AvgIpc) is 2.87. The molecule has 1 aliphatic heterocycles. The van der Waals surface area contributed by atoms with Gasteiger partial charge in [-0.05, 0) is 0 Å². The fraction of sp³-hybridized carbons (Fsp3) is 0.400. The molecule has 7 heteroatoms. The van der Waals surface area contributed by atoms with Crippen molar-refractivity contribution in [3.63, 3.8) is 0 Å². The molecule has 2 heterocycles. The monoisotopic (exact) mass is 276 g/mol. The third-order valence-corrected chi connectivity index (χ3v) is 3.38. The van der Waals surface area contributed by atoms with Gasteiger partial charge in [0.25, 0.3) is 0 Å². The molecule has 0 saturated heterocycles. The molecule has 0 unspecified atom stereocenters. The van der Waals surface area contributed by atoms with Crippen LogP contribution >= 0.6 is 22.9 Å². The van der Waals surface area contributed by atoms with Crippen LogP contribution in [-0.4, -0.2) is 35.7 Å². The van der Waals surface area contributed by atoms with E-state index in [9.17, 15) is 9.18 Å². The number of esters is 1. The summed E-state index contributed by atoms with van der Waals surface area (Å²) in [5.41, 5.74) is 0.692. The van der Waals surface area contributed by atoms with Crippen LogP contribution in [0.1, 0.15) is 4.88 Å². The molecule has 2 rings (SSSR count). The first-order valence-corrected chi connectivity index (χ1v) is 6.17. The van der Waals surface area contributed by atoms with Crippen LogP contribution in [0.25, 0.3) is 0 Å². The van der Waals surface area contributed by atoms with Crippen molar-refractivity contribution in [2.24, 2.45) is 0 Å². The maximum Gasteiger partial charge on any atom is 0.333 e. The third-order valence-electron chi connectivity index (χ3n) is 2.28. The Bertz CT molecular complexity index is 449. The fourth-order valence-corrected chi connectivity index (χ4v) is 2.51. The molecule has 0 radical (unpaired) electrons. The summed E-state index contributed by atoms with van der Waals surface area (Å²) in [4.78, 5) is 17.6. The number of aromatic nitrogens is 1. The zero-order valence-corrected chi connectivity index (χ0v) is 10.4. The van der Waals surface area contributed by atoms with Crippen LogP contribution in [0.3, 0.4) is 0 Å². The van der Waals surface area contributed by atoms with Gasteiger partial charge in [-0.3, -0.25) is 0 Å². The molecular formula is C10H10ClFN2O2S. The molecular weight excluding hydrogens is 267 g/mol. The molecule has 4 nitrogen and oxygen atoms in total. The molecule has 1 aromatic heterocycles. The second-order valence-electron chi connectivity index (χ2n) is 3.43. The zero-order valence-electron chi connectivity index (χ0n) is 8.86. The minimum Gasteiger partial charge on any atom is -0.456 e. The summed E-state index contributed by atoms with van der Waals surface area (Å²) in [6.07, 6.45) is 3.04. The molecule has 0 amide bonds. The molecule has 0 atom stereocenters. The number of carbonyl (C=O) groups is 1. The van der Waals surface area contributed by atoms with Gasteiger partial charge in [0.1, 0.15) is 13.3 Å². The number of halogens is 2. The van der Waals surface area contributed by atoms with Gasteiger partial charge in [-0.25, -0.2) is 14.2 Å². The second kappa shape index (κ2) is 5.46. The first kappa shape index (κ1) is 12.3. The lowest BCUT2D eigenvalue weighted by Crippen LogP contribution is -2.25. The highest BCUT2D eigenvalue weighted by Crippen LogP contribution is 2.22. The summed E-state index contributed by atoms with van der Waals surface area (Å²) >= 11 is 7.06. The normalized spacial score (nSPS) is 14.7. The van der Waals surface area contributed by atoms with Gasteiger partial charge in [-0.1, -0.05) is 11.6 Å². The Morgan fingerprint density at radius 2 is 2.47 bits per heavy atom. The van der Waals surface area contributed by atoms with Crippen LogP contribution in [0, 0.1) is 0 Å². The van der Waals surface area contributed by atoms with Gasteiger partial charge in [0.15, 0.2) is 4.47 Å². The first-order valence-electron chi connectivity index (χ1n) is 4.97. The van der Waals surface area contributed by atoms with E-state index in [1.807, 2.05) is 0 Å². The van der Waals surface area contributed by atoms with E-state index in [2.05, 4.69) is 4.98 Å². The van der Waals surface area contributed by atoms with E-state index in [1.54, 1.807) is 11.1 Å². The van der Waals surface area contributed by atoms with Crippen molar-refractivity contribution in [2.45, 2.75) is 6.54 Å². The Labute approximate surface area is 107 Å². The van der Waals surface area contributed by atoms with E-state index in [-0.39, 0.29) is 19.1 Å². The number of cyclic esters (lactones) is 1. The molecule has 0 saturated carbocycles. The van der Waals surface area contributed by atoms with Crippen LogP contribution < -0.4 is 0 Å². The van der Waals surface area contributed by atoms with Crippen molar-refractivity contribution in [1.82, 2.24) is 9.88 Å². The van der Waals surface area contributed by atoms with Gasteiger partial charge in [-0.15, -0.1) is 11.3 Å². The number of rotatable bonds is 5. The number of thiazole rings is 1. The smallest absolute Gasteiger partial charge is 0.333 e. The molecule has 17 heavy (non-hydrogen) atoms. The summed E-state index contributed by atoms with van der Waals surface area (Å²) in [6.45, 7) is 0.415. The predicted octanol–water partition coefficient (Wildman–Crippen LogP) is 2.01. The number of ether oxygens (including phenoxy) is 1. The largest absolute Gasteiger partial charge is 0.456 e. The lowest BCUT2D eigenvalue weighted by molar-refractivity contribution is -0.135. The molecule has 0 fully saturated rings. The number of hydrogen-bond donors (Lipinski definition) is 0. The summed E-state index contributed by atoms with van der Waals surface area (Å²) in [5.74, 6) is -0.383. The first-order chi connectivity index (χ1) is 8.19. The molecule has 1 aromatic rings. The lowest BCUT2D eigenvalue weighted by Gasteiger charge is -2.22. The Balaban J connectivity index is 2.07. The van der Waals surface area contributed by atoms with E-state index < -0.39 is 6.67 Å². The van der Waals surface area contributed by atoms with Crippen molar-refractivity contribution in [3.8, 4) is 0 Å². The number of alkyl halides is 1. The van der Waals surface area contributed by atoms with Gasteiger partial charge in [0.05, 0.1) is 12.2 Å². The second-order valence-corrected chi connectivity index (χ2v) is 5.13. The minimum atomic E-state index is -0.488. The standard InChI is InChI=1S/C10H10ClFN2O2S/c11-10-13-4-8(17-10)5-14(2-1-12)7-3-9(15)16-6-7/h3-4H,1-2,5-6H2. The molecule has 1 aliphatic rings. The van der Waals surface area contributed by atoms with Crippen molar-refractivity contribution in [2.75, 3.05) is 19.8 Å². The average molecular weight is 277 g/mol. The molecule has 92 valence electrons. The summed E-state index contributed by atoms with van der Waals surface area (Å²) in [7, 11) is 0. The van der Waals surface area contributed by atoms with Crippen LogP contribution in [0.5, 0.6) is 0 Å². The van der Waals surface area contributed by atoms with E-state index in [0.717, 1.165) is 4.88 Å². The predicted molar refractivity (Wildman–Crippen MR) is 62.6 cm³/mol. The lowest BCUT2D eigenvalue weighted by atomic mass is 10.3. The molecule has 0 N–H and O–H groups in total. The van der Waals surface area contributed by atoms with Crippen molar-refractivity contribution >= 4 is 28.9 Å². The van der Waals surface area contributed by atoms with Gasteiger partial charge >= 0.3 is 5.97 Å². The summed E-state index contributed by atoms with van der Waals surface area (Å²) in [5, 5.41) is 0. The maximum absolute atomic E-state index is 12.5. The topological polar surface area (TPSA) is 42.4 Å². The number of carbonyl (C=O) groups excluding carboxylic acids is 1. The minimum absolute atomic E-state index is 0.200. The SMILES string of the molecule is O=C1C=C(N(CCF)Cc2cnc(Cl)s2)CO1. The highest BCUT2D eigenvalue weighted by molar-refractivity contribution is 7.15. The summed E-state index contributed by atoms with van der Waals surface area (Å²) < 4.78 is 17.7. The molecule has 0 aromatic carbocycles. The highest BCUT2D eigenvalue weighted by Gasteiger charge is 2.19. The Morgan fingerprint density at radius 3 is 3.00 bits per heavy atom. The third kappa shape index (κ3) is 3.17. The van der Waals surface area contributed by atoms with Gasteiger partial charge in [-0.2, -0.15) is 0 Å². The van der Waals surface area contributed by atoms with Gasteiger partial charge < -0.3 is 9.64 Å². The van der Waals surface area contributed by atoms with Crippen LogP contribution in [0.2, 0.25) is 4.47 Å². The molecule has 0 bridgehead atoms. The van der Waals surface area contributed by atoms with Gasteiger partial charge in [0.2, 0.25) is 0 Å². The van der Waals surface area contributed by atoms with E-state index >= 15 is 0 Å². The summed E-state index contributed by atoms with van der Waals surface area (Å²) in [6, 6.07) is 0. The Kier molecular flexibility index (Phi) is 3.96. The fourth-order valence-electron chi connectivity index (χ4n) is 1.52. The van der Waals surface area contributed by atoms with Crippen molar-refractivity contribution in [3.05, 3.63) is 27.3 Å². The van der Waals surface area contributed by atoms with E-state index in [0.29, 0.717) is 16.7 Å². The van der Waals surface area contributed by atoms with Gasteiger partial charge in [0, 0.05) is 23.7 Å². The van der Waals surface area contributed by atoms with Crippen LogP contribution in [0.4, 0.5) is 4.39 Å². The molecule has 0 spiro atoms. The van der Waals surface area contributed by atoms with Crippen LogP contribution in [-0.2, 0) is 16.1 Å². The maximum atomic E-state index is 12.5. The quantitative estimate of drug-likeness (QED) is 0.772. The Hall–Kier alpha value is -1.14. The van der Waals surface area contributed by atoms with Crippen molar-refractivity contribution < 1.29 is 13.9 Å². The zero-order chi connectivity index (χ0) is 12.3. The number of nitrogens with zero attached hydrogens (tertiary/aromatic N) is 2. The highest BCUT2D eigenvalue weighted by atomic mass is 35.5. The van der Waals surface area contributed by atoms with Crippen molar-refractivity contribution in [1.29, 1.82) is 0 Å². The number of hydrogen-bond acceptors (Lipinski definition) is 5. The van der Waals surface area contributed by atoms with E-state index in [1.165, 1.54) is 17.4 Å². The molecule has 0 aliphatic carbocycles. The van der Waals surface area contributed by atoms with Crippen LogP contribution in [0.15, 0.2) is 18.0 Å².